The maximum Gasteiger partial charge on any atom is 0.326 e. The fourth-order valence-corrected chi connectivity index (χ4v) is 3.01. The Morgan fingerprint density at radius 1 is 1.11 bits per heavy atom. The first-order chi connectivity index (χ1) is 9.00. The first-order valence-electron chi connectivity index (χ1n) is 6.95. The van der Waals surface area contributed by atoms with Crippen LogP contribution in [-0.4, -0.2) is 77.6 Å². The third-order valence-corrected chi connectivity index (χ3v) is 4.25. The molecule has 1 atom stereocenters. The zero-order chi connectivity index (χ0) is 14.0. The molecule has 0 aromatic rings. The SMILES string of the molecule is CN(C)C1CCN(C(=O)N2CCC[C@@H]2C(=O)O)CC1. The van der Waals surface area contributed by atoms with E-state index in [9.17, 15) is 9.59 Å². The number of piperidine rings is 1. The number of carboxylic acids is 1. The first kappa shape index (κ1) is 14.1. The number of urea groups is 1. The van der Waals surface area contributed by atoms with Gasteiger partial charge in [-0.15, -0.1) is 0 Å². The average Bonchev–Trinajstić information content (AvgIpc) is 2.87. The monoisotopic (exact) mass is 269 g/mol. The molecule has 2 heterocycles. The summed E-state index contributed by atoms with van der Waals surface area (Å²) < 4.78 is 0. The van der Waals surface area contributed by atoms with Crippen molar-refractivity contribution in [2.24, 2.45) is 0 Å². The van der Waals surface area contributed by atoms with Crippen molar-refractivity contribution >= 4 is 12.0 Å². The van der Waals surface area contributed by atoms with Gasteiger partial charge in [0.2, 0.25) is 0 Å². The van der Waals surface area contributed by atoms with Crippen molar-refractivity contribution in [2.75, 3.05) is 33.7 Å². The highest BCUT2D eigenvalue weighted by Gasteiger charge is 2.37. The molecule has 1 N–H and O–H groups in total. The lowest BCUT2D eigenvalue weighted by atomic mass is 10.0. The maximum absolute atomic E-state index is 12.4. The predicted molar refractivity (Wildman–Crippen MR) is 71.0 cm³/mol. The van der Waals surface area contributed by atoms with Crippen LogP contribution in [0.5, 0.6) is 0 Å². The smallest absolute Gasteiger partial charge is 0.326 e. The molecule has 0 saturated carbocycles. The van der Waals surface area contributed by atoms with Crippen molar-refractivity contribution in [3.8, 4) is 0 Å². The van der Waals surface area contributed by atoms with Crippen LogP contribution in [0.25, 0.3) is 0 Å². The van der Waals surface area contributed by atoms with Gasteiger partial charge in [-0.3, -0.25) is 0 Å². The van der Waals surface area contributed by atoms with Crippen molar-refractivity contribution < 1.29 is 14.7 Å². The Morgan fingerprint density at radius 2 is 1.74 bits per heavy atom. The van der Waals surface area contributed by atoms with Crippen LogP contribution < -0.4 is 0 Å². The van der Waals surface area contributed by atoms with E-state index >= 15 is 0 Å². The van der Waals surface area contributed by atoms with Crippen LogP contribution in [0, 0.1) is 0 Å². The van der Waals surface area contributed by atoms with E-state index in [-0.39, 0.29) is 6.03 Å². The van der Waals surface area contributed by atoms with E-state index in [1.165, 1.54) is 4.90 Å². The van der Waals surface area contributed by atoms with Crippen LogP contribution >= 0.6 is 0 Å². The van der Waals surface area contributed by atoms with E-state index < -0.39 is 12.0 Å². The molecule has 2 fully saturated rings. The summed E-state index contributed by atoms with van der Waals surface area (Å²) in [4.78, 5) is 29.0. The standard InChI is InChI=1S/C13H23N3O3/c1-14(2)10-5-8-15(9-6-10)13(19)16-7-3-4-11(16)12(17)18/h10-11H,3-9H2,1-2H3,(H,17,18)/t11-/m1/s1. The van der Waals surface area contributed by atoms with E-state index in [1.807, 2.05) is 0 Å². The number of likely N-dealkylation sites (tertiary alicyclic amines) is 2. The molecule has 2 aliphatic rings. The molecular weight excluding hydrogens is 246 g/mol. The first-order valence-corrected chi connectivity index (χ1v) is 6.95. The lowest BCUT2D eigenvalue weighted by Crippen LogP contribution is -2.52. The number of amides is 2. The molecule has 0 aliphatic carbocycles. The summed E-state index contributed by atoms with van der Waals surface area (Å²) in [6.07, 6.45) is 3.29. The summed E-state index contributed by atoms with van der Waals surface area (Å²) >= 11 is 0. The molecule has 6 heteroatoms. The van der Waals surface area contributed by atoms with Gasteiger partial charge in [-0.2, -0.15) is 0 Å². The number of aliphatic carboxylic acids is 1. The number of nitrogens with zero attached hydrogens (tertiary/aromatic N) is 3. The molecule has 0 bridgehead atoms. The summed E-state index contributed by atoms with van der Waals surface area (Å²) in [6, 6.07) is -0.195. The summed E-state index contributed by atoms with van der Waals surface area (Å²) in [5.41, 5.74) is 0. The van der Waals surface area contributed by atoms with Gasteiger partial charge < -0.3 is 19.8 Å². The average molecular weight is 269 g/mol. The van der Waals surface area contributed by atoms with Gasteiger partial charge in [0.1, 0.15) is 6.04 Å². The molecule has 0 spiro atoms. The van der Waals surface area contributed by atoms with Crippen molar-refractivity contribution in [3.63, 3.8) is 0 Å². The van der Waals surface area contributed by atoms with Crippen LogP contribution in [0.2, 0.25) is 0 Å². The zero-order valence-corrected chi connectivity index (χ0v) is 11.7. The quantitative estimate of drug-likeness (QED) is 0.801. The number of carboxylic acid groups (broad SMARTS) is 1. The van der Waals surface area contributed by atoms with Gasteiger partial charge in [0.25, 0.3) is 0 Å². The molecule has 2 saturated heterocycles. The second kappa shape index (κ2) is 5.77. The molecule has 6 nitrogen and oxygen atoms in total. The Labute approximate surface area is 114 Å². The Morgan fingerprint density at radius 3 is 2.26 bits per heavy atom. The zero-order valence-electron chi connectivity index (χ0n) is 11.7. The Bertz CT molecular complexity index is 351. The summed E-state index contributed by atoms with van der Waals surface area (Å²) in [5, 5.41) is 9.13. The van der Waals surface area contributed by atoms with Crippen LogP contribution in [0.15, 0.2) is 0 Å². The van der Waals surface area contributed by atoms with E-state index in [1.54, 1.807) is 4.90 Å². The van der Waals surface area contributed by atoms with Crippen molar-refractivity contribution in [1.29, 1.82) is 0 Å². The van der Waals surface area contributed by atoms with E-state index in [0.717, 1.165) is 32.4 Å². The largest absolute Gasteiger partial charge is 0.480 e. The molecule has 108 valence electrons. The van der Waals surface area contributed by atoms with Crippen molar-refractivity contribution in [3.05, 3.63) is 0 Å². The minimum atomic E-state index is -0.881. The highest BCUT2D eigenvalue weighted by Crippen LogP contribution is 2.22. The molecule has 2 aliphatic heterocycles. The number of carbonyl (C=O) groups is 2. The normalized spacial score (nSPS) is 25.1. The van der Waals surface area contributed by atoms with Gasteiger partial charge in [0.15, 0.2) is 0 Å². The van der Waals surface area contributed by atoms with Gasteiger partial charge in [-0.1, -0.05) is 0 Å². The third-order valence-electron chi connectivity index (χ3n) is 4.25. The van der Waals surface area contributed by atoms with Gasteiger partial charge >= 0.3 is 12.0 Å². The summed E-state index contributed by atoms with van der Waals surface area (Å²) in [5.74, 6) is -0.881. The Balaban J connectivity index is 1.92. The predicted octanol–water partition coefficient (Wildman–Crippen LogP) is 0.681. The van der Waals surface area contributed by atoms with E-state index in [2.05, 4.69) is 19.0 Å². The minimum absolute atomic E-state index is 0.0953. The summed E-state index contributed by atoms with van der Waals surface area (Å²) in [7, 11) is 4.12. The lowest BCUT2D eigenvalue weighted by Gasteiger charge is -2.37. The second-order valence-corrected chi connectivity index (χ2v) is 5.65. The number of rotatable bonds is 2. The molecular formula is C13H23N3O3. The van der Waals surface area contributed by atoms with Crippen molar-refractivity contribution in [2.45, 2.75) is 37.8 Å². The molecule has 0 aromatic carbocycles. The van der Waals surface area contributed by atoms with Crippen LogP contribution in [0.3, 0.4) is 0 Å². The molecule has 2 rings (SSSR count). The lowest BCUT2D eigenvalue weighted by molar-refractivity contribution is -0.141. The Hall–Kier alpha value is -1.30. The topological polar surface area (TPSA) is 64.1 Å². The van der Waals surface area contributed by atoms with Crippen LogP contribution in [-0.2, 0) is 4.79 Å². The third kappa shape index (κ3) is 3.00. The fourth-order valence-electron chi connectivity index (χ4n) is 3.01. The van der Waals surface area contributed by atoms with Gasteiger partial charge in [0.05, 0.1) is 0 Å². The number of hydrogen-bond donors (Lipinski definition) is 1. The van der Waals surface area contributed by atoms with Crippen LogP contribution in [0.4, 0.5) is 4.79 Å². The maximum atomic E-state index is 12.4. The molecule has 0 radical (unpaired) electrons. The van der Waals surface area contributed by atoms with E-state index in [0.29, 0.717) is 19.0 Å². The summed E-state index contributed by atoms with van der Waals surface area (Å²) in [6.45, 7) is 2.03. The van der Waals surface area contributed by atoms with Crippen LogP contribution in [0.1, 0.15) is 25.7 Å². The minimum Gasteiger partial charge on any atom is -0.480 e. The van der Waals surface area contributed by atoms with E-state index in [4.69, 9.17) is 5.11 Å². The van der Waals surface area contributed by atoms with Gasteiger partial charge in [-0.25, -0.2) is 9.59 Å². The fraction of sp³-hybridized carbons (Fsp3) is 0.846. The highest BCUT2D eigenvalue weighted by molar-refractivity contribution is 5.83. The van der Waals surface area contributed by atoms with Gasteiger partial charge in [-0.05, 0) is 39.8 Å². The molecule has 0 aromatic heterocycles. The number of carbonyl (C=O) groups excluding carboxylic acids is 1. The second-order valence-electron chi connectivity index (χ2n) is 5.65. The molecule has 0 unspecified atom stereocenters. The molecule has 19 heavy (non-hydrogen) atoms. The number of hydrogen-bond acceptors (Lipinski definition) is 3. The highest BCUT2D eigenvalue weighted by atomic mass is 16.4. The van der Waals surface area contributed by atoms with Gasteiger partial charge in [0, 0.05) is 25.7 Å². The Kier molecular flexibility index (Phi) is 4.29. The van der Waals surface area contributed by atoms with Crippen molar-refractivity contribution in [1.82, 2.24) is 14.7 Å². The molecule has 2 amide bonds.